The number of nitrogens with one attached hydrogen (secondary N) is 1. The van der Waals surface area contributed by atoms with Crippen molar-refractivity contribution >= 4 is 28.4 Å². The average Bonchev–Trinajstić information content (AvgIpc) is 3.52. The van der Waals surface area contributed by atoms with Crippen molar-refractivity contribution in [2.45, 2.75) is 20.8 Å². The summed E-state index contributed by atoms with van der Waals surface area (Å²) in [5, 5.41) is 24.1. The minimum atomic E-state index is -0.736. The molecule has 0 aliphatic carbocycles. The third kappa shape index (κ3) is 4.50. The predicted molar refractivity (Wildman–Crippen MR) is 142 cm³/mol. The van der Waals surface area contributed by atoms with E-state index in [-0.39, 0.29) is 22.9 Å². The highest BCUT2D eigenvalue weighted by Gasteiger charge is 2.26. The number of nitro groups is 1. The fraction of sp³-hybridized carbons (Fsp3) is 0.192. The minimum absolute atomic E-state index is 0.130. The van der Waals surface area contributed by atoms with Crippen LogP contribution in [-0.2, 0) is 0 Å². The highest BCUT2D eigenvalue weighted by molar-refractivity contribution is 6.07. The van der Waals surface area contributed by atoms with E-state index in [1.54, 1.807) is 23.9 Å². The Hall–Kier alpha value is -5.33. The van der Waals surface area contributed by atoms with E-state index in [1.165, 1.54) is 31.3 Å². The molecule has 0 unspecified atom stereocenters. The van der Waals surface area contributed by atoms with Crippen LogP contribution in [0.3, 0.4) is 0 Å². The van der Waals surface area contributed by atoms with Gasteiger partial charge >= 0.3 is 0 Å². The van der Waals surface area contributed by atoms with E-state index < -0.39 is 16.5 Å². The smallest absolute Gasteiger partial charge is 0.286 e. The van der Waals surface area contributed by atoms with Crippen molar-refractivity contribution < 1.29 is 19.2 Å². The molecule has 3 heterocycles. The Kier molecular flexibility index (Phi) is 6.40. The number of nitro benzene ring substituents is 1. The summed E-state index contributed by atoms with van der Waals surface area (Å²) in [5.41, 5.74) is 3.59. The molecule has 0 spiro atoms. The monoisotopic (exact) mass is 528 g/mol. The Morgan fingerprint density at radius 3 is 2.41 bits per heavy atom. The number of benzene rings is 2. The number of ether oxygens (including phenoxy) is 2. The van der Waals surface area contributed by atoms with Crippen molar-refractivity contribution in [1.82, 2.24) is 29.5 Å². The number of hydrogen-bond donors (Lipinski definition) is 1. The summed E-state index contributed by atoms with van der Waals surface area (Å²) in [4.78, 5) is 33.2. The molecular formula is C26H24N8O5. The number of fused-ring (bicyclic) bond motifs is 1. The van der Waals surface area contributed by atoms with E-state index in [0.717, 1.165) is 22.9 Å². The van der Waals surface area contributed by atoms with Crippen molar-refractivity contribution in [3.8, 4) is 23.0 Å². The van der Waals surface area contributed by atoms with Gasteiger partial charge in [-0.25, -0.2) is 14.6 Å². The van der Waals surface area contributed by atoms with Gasteiger partial charge in [0.25, 0.3) is 11.6 Å². The van der Waals surface area contributed by atoms with E-state index in [9.17, 15) is 14.9 Å². The van der Waals surface area contributed by atoms with Gasteiger partial charge in [0, 0.05) is 12.1 Å². The van der Waals surface area contributed by atoms with Gasteiger partial charge in [-0.05, 0) is 44.0 Å². The third-order valence-electron chi connectivity index (χ3n) is 6.30. The van der Waals surface area contributed by atoms with Crippen LogP contribution in [0.4, 0.5) is 11.5 Å². The summed E-state index contributed by atoms with van der Waals surface area (Å²) in [6, 6.07) is 10.0. The molecule has 5 rings (SSSR count). The molecular weight excluding hydrogens is 504 g/mol. The van der Waals surface area contributed by atoms with E-state index >= 15 is 0 Å². The van der Waals surface area contributed by atoms with Crippen LogP contribution in [0.25, 0.3) is 22.5 Å². The molecule has 2 aromatic carbocycles. The summed E-state index contributed by atoms with van der Waals surface area (Å²) in [6.07, 6.45) is 3.01. The van der Waals surface area contributed by atoms with E-state index in [2.05, 4.69) is 25.5 Å². The Bertz CT molecular complexity index is 1760. The van der Waals surface area contributed by atoms with Gasteiger partial charge in [0.1, 0.15) is 17.7 Å². The molecule has 0 bridgehead atoms. The molecule has 0 aliphatic rings. The summed E-state index contributed by atoms with van der Waals surface area (Å²) in [6.45, 7) is 5.81. The number of carbonyl (C=O) groups is 1. The van der Waals surface area contributed by atoms with Gasteiger partial charge in [-0.15, -0.1) is 0 Å². The normalized spacial score (nSPS) is 11.0. The molecule has 1 amide bonds. The van der Waals surface area contributed by atoms with E-state index in [0.29, 0.717) is 22.5 Å². The molecule has 3 aromatic heterocycles. The number of nitrogens with zero attached hydrogens (tertiary/aromatic N) is 7. The van der Waals surface area contributed by atoms with Crippen LogP contribution in [0.2, 0.25) is 0 Å². The molecule has 13 nitrogen and oxygen atoms in total. The first-order valence-electron chi connectivity index (χ1n) is 11.8. The second kappa shape index (κ2) is 9.85. The number of rotatable bonds is 7. The van der Waals surface area contributed by atoms with Crippen molar-refractivity contribution in [2.24, 2.45) is 0 Å². The van der Waals surface area contributed by atoms with Gasteiger partial charge < -0.3 is 14.8 Å². The van der Waals surface area contributed by atoms with Gasteiger partial charge in [0.15, 0.2) is 23.0 Å². The molecule has 198 valence electrons. The largest absolute Gasteiger partial charge is 0.493 e. The van der Waals surface area contributed by atoms with E-state index in [4.69, 9.17) is 9.47 Å². The molecule has 0 aliphatic heterocycles. The van der Waals surface area contributed by atoms with Crippen molar-refractivity contribution in [3.63, 3.8) is 0 Å². The Balaban J connectivity index is 1.57. The third-order valence-corrected chi connectivity index (χ3v) is 6.30. The molecule has 1 N–H and O–H groups in total. The Labute approximate surface area is 222 Å². The van der Waals surface area contributed by atoms with Crippen LogP contribution in [-0.4, -0.2) is 54.6 Å². The lowest BCUT2D eigenvalue weighted by atomic mass is 10.1. The fourth-order valence-corrected chi connectivity index (χ4v) is 4.18. The maximum absolute atomic E-state index is 13.3. The van der Waals surface area contributed by atoms with E-state index in [1.807, 2.05) is 32.0 Å². The van der Waals surface area contributed by atoms with Gasteiger partial charge in [0.2, 0.25) is 0 Å². The lowest BCUT2D eigenvalue weighted by molar-refractivity contribution is -0.385. The topological polar surface area (TPSA) is 152 Å². The summed E-state index contributed by atoms with van der Waals surface area (Å²) < 4.78 is 13.5. The lowest BCUT2D eigenvalue weighted by Crippen LogP contribution is -2.17. The number of hydrogen-bond acceptors (Lipinski definition) is 9. The average molecular weight is 529 g/mol. The molecule has 0 saturated carbocycles. The predicted octanol–water partition coefficient (Wildman–Crippen LogP) is 4.10. The first-order chi connectivity index (χ1) is 18.7. The zero-order chi connectivity index (χ0) is 27.8. The zero-order valence-electron chi connectivity index (χ0n) is 21.8. The highest BCUT2D eigenvalue weighted by Crippen LogP contribution is 2.35. The van der Waals surface area contributed by atoms with Gasteiger partial charge in [-0.3, -0.25) is 14.9 Å². The number of aromatic nitrogens is 6. The summed E-state index contributed by atoms with van der Waals surface area (Å²) in [5.74, 6) is 0.195. The zero-order valence-corrected chi connectivity index (χ0v) is 21.8. The van der Waals surface area contributed by atoms with Gasteiger partial charge in [-0.1, -0.05) is 6.07 Å². The highest BCUT2D eigenvalue weighted by atomic mass is 16.6. The van der Waals surface area contributed by atoms with Gasteiger partial charge in [-0.2, -0.15) is 14.9 Å². The second-order valence-corrected chi connectivity index (χ2v) is 8.78. The van der Waals surface area contributed by atoms with Crippen LogP contribution in [0.5, 0.6) is 11.5 Å². The van der Waals surface area contributed by atoms with Crippen LogP contribution < -0.4 is 14.8 Å². The first-order valence-corrected chi connectivity index (χ1v) is 11.8. The second-order valence-electron chi connectivity index (χ2n) is 8.78. The number of anilines is 1. The van der Waals surface area contributed by atoms with Gasteiger partial charge in [0.05, 0.1) is 48.2 Å². The lowest BCUT2D eigenvalue weighted by Gasteiger charge is -2.12. The van der Waals surface area contributed by atoms with Crippen LogP contribution in [0, 0.1) is 30.9 Å². The molecule has 5 aromatic rings. The molecule has 0 atom stereocenters. The number of aryl methyl sites for hydroxylation is 3. The molecule has 39 heavy (non-hydrogen) atoms. The molecule has 0 radical (unpaired) electrons. The quantitative estimate of drug-likeness (QED) is 0.243. The first kappa shape index (κ1) is 25.3. The molecule has 0 saturated heterocycles. The number of carbonyl (C=O) groups excluding carboxylic acids is 1. The van der Waals surface area contributed by atoms with Crippen LogP contribution in [0.1, 0.15) is 27.2 Å². The maximum atomic E-state index is 13.3. The SMILES string of the molecule is COc1cc(C(=O)Nc2cc(C)nn2-c2ncnc3c2cnn3-c2ccc(C)c(C)c2)c([N+](=O)[O-])cc1OC. The Morgan fingerprint density at radius 2 is 1.72 bits per heavy atom. The maximum Gasteiger partial charge on any atom is 0.286 e. The standard InChI is InChI=1S/C26H24N8O5/c1-14-6-7-17(8-15(14)2)32-24-19(12-29-32)25(28-13-27-24)33-23(9-16(3)31-33)30-26(35)18-10-21(38-4)22(39-5)11-20(18)34(36)37/h6-13H,1-5H3,(H,30,35). The van der Waals surface area contributed by atoms with Crippen molar-refractivity contribution in [2.75, 3.05) is 19.5 Å². The van der Waals surface area contributed by atoms with Crippen molar-refractivity contribution in [3.05, 3.63) is 81.4 Å². The minimum Gasteiger partial charge on any atom is -0.493 e. The molecule has 13 heteroatoms. The van der Waals surface area contributed by atoms with Crippen LogP contribution in [0.15, 0.2) is 48.9 Å². The Morgan fingerprint density at radius 1 is 0.974 bits per heavy atom. The summed E-state index contributed by atoms with van der Waals surface area (Å²) in [7, 11) is 2.73. The number of methoxy groups -OCH3 is 2. The van der Waals surface area contributed by atoms with Crippen molar-refractivity contribution in [1.29, 1.82) is 0 Å². The fourth-order valence-electron chi connectivity index (χ4n) is 4.18. The summed E-state index contributed by atoms with van der Waals surface area (Å²) >= 11 is 0. The van der Waals surface area contributed by atoms with Crippen LogP contribution >= 0.6 is 0 Å². The molecule has 0 fully saturated rings. The number of amides is 1.